The molecule has 0 amide bonds. The van der Waals surface area contributed by atoms with Gasteiger partial charge < -0.3 is 10.1 Å². The van der Waals surface area contributed by atoms with Gasteiger partial charge in [0.25, 0.3) is 0 Å². The molecule has 1 saturated heterocycles. The van der Waals surface area contributed by atoms with E-state index in [9.17, 15) is 4.79 Å². The number of hydrogen-bond acceptors (Lipinski definition) is 3. The van der Waals surface area contributed by atoms with Crippen molar-refractivity contribution >= 4 is 17.4 Å². The maximum atomic E-state index is 12.4. The van der Waals surface area contributed by atoms with Gasteiger partial charge in [0.2, 0.25) is 0 Å². The fourth-order valence-electron chi connectivity index (χ4n) is 2.17. The summed E-state index contributed by atoms with van der Waals surface area (Å²) in [4.78, 5) is 12.4. The molecule has 0 spiro atoms. The molecule has 0 aliphatic carbocycles. The highest BCUT2D eigenvalue weighted by Gasteiger charge is 2.33. The minimum Gasteiger partial charge on any atom is -0.379 e. The molecule has 2 atom stereocenters. The number of rotatable bonds is 5. The van der Waals surface area contributed by atoms with Gasteiger partial charge in [-0.2, -0.15) is 0 Å². The van der Waals surface area contributed by atoms with Crippen molar-refractivity contribution in [1.82, 2.24) is 5.32 Å². The molecular weight excluding hydrogens is 250 g/mol. The second kappa shape index (κ2) is 6.32. The lowest BCUT2D eigenvalue weighted by atomic mass is 9.93. The number of ketones is 1. The van der Waals surface area contributed by atoms with Crippen molar-refractivity contribution in [1.29, 1.82) is 0 Å². The minimum absolute atomic E-state index is 0.0854. The van der Waals surface area contributed by atoms with Gasteiger partial charge in [0.15, 0.2) is 5.78 Å². The van der Waals surface area contributed by atoms with Gasteiger partial charge in [0.1, 0.15) is 0 Å². The topological polar surface area (TPSA) is 38.3 Å². The molecule has 1 aliphatic heterocycles. The van der Waals surface area contributed by atoms with Crippen LogP contribution in [0.4, 0.5) is 0 Å². The van der Waals surface area contributed by atoms with Gasteiger partial charge in [-0.3, -0.25) is 4.79 Å². The summed E-state index contributed by atoms with van der Waals surface area (Å²) in [6.07, 6.45) is 1.05. The first-order valence-electron chi connectivity index (χ1n) is 6.33. The second-order valence-electron chi connectivity index (χ2n) is 4.58. The first-order valence-corrected chi connectivity index (χ1v) is 6.71. The molecule has 1 aliphatic rings. The van der Waals surface area contributed by atoms with Crippen molar-refractivity contribution in [2.45, 2.75) is 19.4 Å². The van der Waals surface area contributed by atoms with Crippen LogP contribution in [-0.2, 0) is 4.74 Å². The zero-order valence-electron chi connectivity index (χ0n) is 10.5. The molecule has 4 heteroatoms. The van der Waals surface area contributed by atoms with E-state index < -0.39 is 0 Å². The summed E-state index contributed by atoms with van der Waals surface area (Å²) in [5.74, 6) is 0.0514. The lowest BCUT2D eigenvalue weighted by Gasteiger charge is -2.17. The van der Waals surface area contributed by atoms with Crippen LogP contribution in [0.3, 0.4) is 0 Å². The van der Waals surface area contributed by atoms with E-state index in [2.05, 4.69) is 12.2 Å². The summed E-state index contributed by atoms with van der Waals surface area (Å²) in [5.41, 5.74) is 0.707. The highest BCUT2D eigenvalue weighted by Crippen LogP contribution is 2.20. The van der Waals surface area contributed by atoms with Gasteiger partial charge in [-0.1, -0.05) is 18.5 Å². The Hall–Kier alpha value is -0.900. The summed E-state index contributed by atoms with van der Waals surface area (Å²) in [6.45, 7) is 4.14. The van der Waals surface area contributed by atoms with Gasteiger partial charge in [-0.15, -0.1) is 0 Å². The highest BCUT2D eigenvalue weighted by atomic mass is 35.5. The fourth-order valence-corrected chi connectivity index (χ4v) is 2.30. The molecule has 3 nitrogen and oxygen atoms in total. The predicted molar refractivity (Wildman–Crippen MR) is 72.2 cm³/mol. The van der Waals surface area contributed by atoms with E-state index in [0.717, 1.165) is 13.0 Å². The maximum absolute atomic E-state index is 12.4. The van der Waals surface area contributed by atoms with Crippen LogP contribution < -0.4 is 5.32 Å². The van der Waals surface area contributed by atoms with Crippen molar-refractivity contribution < 1.29 is 9.53 Å². The fraction of sp³-hybridized carbons (Fsp3) is 0.500. The average Bonchev–Trinajstić information content (AvgIpc) is 2.84. The Kier molecular flexibility index (Phi) is 4.75. The molecule has 1 fully saturated rings. The predicted octanol–water partition coefficient (Wildman–Crippen LogP) is 2.54. The van der Waals surface area contributed by atoms with E-state index in [-0.39, 0.29) is 17.7 Å². The molecule has 0 radical (unpaired) electrons. The van der Waals surface area contributed by atoms with E-state index in [0.29, 0.717) is 23.8 Å². The van der Waals surface area contributed by atoms with Crippen molar-refractivity contribution in [3.05, 3.63) is 34.9 Å². The molecule has 1 aromatic carbocycles. The Morgan fingerprint density at radius 3 is 2.78 bits per heavy atom. The normalized spacial score (nSPS) is 23.2. The zero-order chi connectivity index (χ0) is 13.0. The van der Waals surface area contributed by atoms with Crippen LogP contribution >= 0.6 is 11.6 Å². The van der Waals surface area contributed by atoms with Crippen LogP contribution in [0.2, 0.25) is 5.02 Å². The number of benzene rings is 1. The van der Waals surface area contributed by atoms with E-state index >= 15 is 0 Å². The average molecular weight is 268 g/mol. The van der Waals surface area contributed by atoms with E-state index in [1.54, 1.807) is 24.3 Å². The van der Waals surface area contributed by atoms with Gasteiger partial charge in [-0.05, 0) is 37.2 Å². The van der Waals surface area contributed by atoms with Crippen molar-refractivity contribution in [3.63, 3.8) is 0 Å². The lowest BCUT2D eigenvalue weighted by Crippen LogP contribution is -2.39. The second-order valence-corrected chi connectivity index (χ2v) is 5.01. The number of carbonyl (C=O) groups excluding carboxylic acids is 1. The summed E-state index contributed by atoms with van der Waals surface area (Å²) in [6, 6.07) is 7.19. The molecule has 18 heavy (non-hydrogen) atoms. The third-order valence-electron chi connectivity index (χ3n) is 3.20. The number of carbonyl (C=O) groups is 1. The number of Topliss-reactive ketones (excluding diaryl/α,β-unsaturated/α-hetero) is 1. The first-order chi connectivity index (χ1) is 8.72. The van der Waals surface area contributed by atoms with E-state index in [1.807, 2.05) is 0 Å². The number of hydrogen-bond donors (Lipinski definition) is 1. The van der Waals surface area contributed by atoms with Gasteiger partial charge in [0.05, 0.1) is 19.1 Å². The maximum Gasteiger partial charge on any atom is 0.169 e. The summed E-state index contributed by atoms with van der Waals surface area (Å²) in [5, 5.41) is 4.02. The third kappa shape index (κ3) is 3.10. The van der Waals surface area contributed by atoms with Crippen LogP contribution in [0.25, 0.3) is 0 Å². The van der Waals surface area contributed by atoms with Gasteiger partial charge >= 0.3 is 0 Å². The van der Waals surface area contributed by atoms with Crippen molar-refractivity contribution in [3.8, 4) is 0 Å². The monoisotopic (exact) mass is 267 g/mol. The molecule has 1 aromatic rings. The zero-order valence-corrected chi connectivity index (χ0v) is 11.2. The number of ether oxygens (including phenoxy) is 1. The molecule has 0 bridgehead atoms. The molecular formula is C14H18ClNO2. The molecule has 98 valence electrons. The van der Waals surface area contributed by atoms with Gasteiger partial charge in [0, 0.05) is 16.6 Å². The van der Waals surface area contributed by atoms with Crippen LogP contribution in [0.15, 0.2) is 24.3 Å². The molecule has 1 N–H and O–H groups in total. The van der Waals surface area contributed by atoms with E-state index in [4.69, 9.17) is 16.3 Å². The summed E-state index contributed by atoms with van der Waals surface area (Å²) < 4.78 is 5.42. The SMILES string of the molecule is CCCNC1COCC1C(=O)c1ccc(Cl)cc1. The molecule has 0 saturated carbocycles. The standard InChI is InChI=1S/C14H18ClNO2/c1-2-7-16-13-9-18-8-12(13)14(17)10-3-5-11(15)6-4-10/h3-6,12-13,16H,2,7-9H2,1H3. The van der Waals surface area contributed by atoms with Crippen LogP contribution in [-0.4, -0.2) is 31.6 Å². The number of halogens is 1. The Bertz CT molecular complexity index is 405. The van der Waals surface area contributed by atoms with Crippen LogP contribution in [0, 0.1) is 5.92 Å². The Morgan fingerprint density at radius 1 is 1.39 bits per heavy atom. The Labute approximate surface area is 112 Å². The van der Waals surface area contributed by atoms with Crippen molar-refractivity contribution in [2.75, 3.05) is 19.8 Å². The number of nitrogens with one attached hydrogen (secondary N) is 1. The van der Waals surface area contributed by atoms with Crippen molar-refractivity contribution in [2.24, 2.45) is 5.92 Å². The molecule has 1 heterocycles. The largest absolute Gasteiger partial charge is 0.379 e. The molecule has 0 aromatic heterocycles. The van der Waals surface area contributed by atoms with Crippen LogP contribution in [0.1, 0.15) is 23.7 Å². The lowest BCUT2D eigenvalue weighted by molar-refractivity contribution is 0.0891. The first kappa shape index (κ1) is 13.5. The molecule has 2 unspecified atom stereocenters. The smallest absolute Gasteiger partial charge is 0.169 e. The minimum atomic E-state index is -0.0854. The quantitative estimate of drug-likeness (QED) is 0.834. The van der Waals surface area contributed by atoms with Crippen LogP contribution in [0.5, 0.6) is 0 Å². The third-order valence-corrected chi connectivity index (χ3v) is 3.45. The Balaban J connectivity index is 2.05. The summed E-state index contributed by atoms with van der Waals surface area (Å²) >= 11 is 5.82. The van der Waals surface area contributed by atoms with Gasteiger partial charge in [-0.25, -0.2) is 0 Å². The molecule has 2 rings (SSSR count). The van der Waals surface area contributed by atoms with E-state index in [1.165, 1.54) is 0 Å². The highest BCUT2D eigenvalue weighted by molar-refractivity contribution is 6.30. The Morgan fingerprint density at radius 2 is 2.11 bits per heavy atom. The summed E-state index contributed by atoms with van der Waals surface area (Å²) in [7, 11) is 0.